The number of hydrogen-bond donors (Lipinski definition) is 1. The first kappa shape index (κ1) is 13.1. The Labute approximate surface area is 109 Å². The van der Waals surface area contributed by atoms with Gasteiger partial charge in [0, 0.05) is 11.7 Å². The Bertz CT molecular complexity index is 479. The number of nitrogens with one attached hydrogen (secondary N) is 1. The number of aromatic nitrogens is 2. The third-order valence-corrected chi connectivity index (χ3v) is 3.70. The number of aryl methyl sites for hydroxylation is 1. The van der Waals surface area contributed by atoms with Crippen LogP contribution in [-0.2, 0) is 13.0 Å². The molecule has 0 spiro atoms. The molecule has 18 heavy (non-hydrogen) atoms. The van der Waals surface area contributed by atoms with Crippen LogP contribution in [0.1, 0.15) is 43.6 Å². The van der Waals surface area contributed by atoms with Crippen molar-refractivity contribution in [3.05, 3.63) is 17.0 Å². The van der Waals surface area contributed by atoms with Crippen LogP contribution in [0.3, 0.4) is 0 Å². The highest BCUT2D eigenvalue weighted by atomic mass is 15.3. The van der Waals surface area contributed by atoms with Crippen molar-refractivity contribution in [2.75, 3.05) is 0 Å². The summed E-state index contributed by atoms with van der Waals surface area (Å²) < 4.78 is 1.98. The molecule has 1 aliphatic carbocycles. The van der Waals surface area contributed by atoms with E-state index in [0.29, 0.717) is 12.6 Å². The van der Waals surface area contributed by atoms with E-state index in [1.54, 1.807) is 0 Å². The SMILES string of the molecule is CCc1c(C)nn(CC(C)(C#N)NC2CC2)c1C. The molecule has 0 amide bonds. The number of hydrogen-bond acceptors (Lipinski definition) is 3. The van der Waals surface area contributed by atoms with E-state index in [4.69, 9.17) is 0 Å². The van der Waals surface area contributed by atoms with Crippen LogP contribution in [0.15, 0.2) is 0 Å². The van der Waals surface area contributed by atoms with Crippen LogP contribution in [0.5, 0.6) is 0 Å². The topological polar surface area (TPSA) is 53.6 Å². The van der Waals surface area contributed by atoms with Gasteiger partial charge in [-0.25, -0.2) is 0 Å². The van der Waals surface area contributed by atoms with Gasteiger partial charge in [0.2, 0.25) is 0 Å². The van der Waals surface area contributed by atoms with Crippen molar-refractivity contribution in [1.82, 2.24) is 15.1 Å². The van der Waals surface area contributed by atoms with Gasteiger partial charge >= 0.3 is 0 Å². The highest BCUT2D eigenvalue weighted by Crippen LogP contribution is 2.24. The summed E-state index contributed by atoms with van der Waals surface area (Å²) in [6.45, 7) is 8.86. The van der Waals surface area contributed by atoms with Gasteiger partial charge in [-0.1, -0.05) is 6.92 Å². The normalized spacial score (nSPS) is 18.4. The standard InChI is InChI=1S/C14H22N4/c1-5-13-10(2)17-18(11(13)3)9-14(4,8-15)16-12-6-7-12/h12,16H,5-7,9H2,1-4H3. The number of nitriles is 1. The van der Waals surface area contributed by atoms with Crippen molar-refractivity contribution in [2.45, 2.75) is 65.1 Å². The van der Waals surface area contributed by atoms with E-state index in [2.05, 4.69) is 30.3 Å². The summed E-state index contributed by atoms with van der Waals surface area (Å²) in [6.07, 6.45) is 3.38. The van der Waals surface area contributed by atoms with Crippen LogP contribution in [0.2, 0.25) is 0 Å². The third-order valence-electron chi connectivity index (χ3n) is 3.70. The summed E-state index contributed by atoms with van der Waals surface area (Å²) in [5.74, 6) is 0. The van der Waals surface area contributed by atoms with E-state index < -0.39 is 5.54 Å². The van der Waals surface area contributed by atoms with Gasteiger partial charge in [0.1, 0.15) is 5.54 Å². The molecule has 0 radical (unpaired) electrons. The second-order valence-corrected chi connectivity index (χ2v) is 5.52. The Morgan fingerprint density at radius 3 is 2.61 bits per heavy atom. The highest BCUT2D eigenvalue weighted by molar-refractivity contribution is 5.25. The molecule has 1 aromatic rings. The minimum absolute atomic E-state index is 0.518. The quantitative estimate of drug-likeness (QED) is 0.865. The number of rotatable bonds is 5. The lowest BCUT2D eigenvalue weighted by Crippen LogP contribution is -2.46. The molecule has 1 heterocycles. The molecule has 0 aromatic carbocycles. The molecule has 2 rings (SSSR count). The maximum absolute atomic E-state index is 9.39. The Hall–Kier alpha value is -1.34. The molecule has 1 atom stereocenters. The molecular weight excluding hydrogens is 224 g/mol. The predicted molar refractivity (Wildman–Crippen MR) is 71.3 cm³/mol. The van der Waals surface area contributed by atoms with Crippen molar-refractivity contribution >= 4 is 0 Å². The molecule has 1 saturated carbocycles. The summed E-state index contributed by atoms with van der Waals surface area (Å²) in [4.78, 5) is 0. The minimum Gasteiger partial charge on any atom is -0.295 e. The Balaban J connectivity index is 2.19. The maximum Gasteiger partial charge on any atom is 0.123 e. The monoisotopic (exact) mass is 246 g/mol. The summed E-state index contributed by atoms with van der Waals surface area (Å²) in [5.41, 5.74) is 3.06. The molecule has 1 fully saturated rings. The molecule has 0 aliphatic heterocycles. The largest absolute Gasteiger partial charge is 0.295 e. The second kappa shape index (κ2) is 4.74. The molecule has 0 saturated heterocycles. The zero-order valence-corrected chi connectivity index (χ0v) is 11.7. The fraction of sp³-hybridized carbons (Fsp3) is 0.714. The summed E-state index contributed by atoms with van der Waals surface area (Å²) in [5, 5.41) is 17.4. The Kier molecular flexibility index (Phi) is 3.45. The molecule has 4 heteroatoms. The van der Waals surface area contributed by atoms with E-state index in [1.807, 2.05) is 18.5 Å². The highest BCUT2D eigenvalue weighted by Gasteiger charge is 2.33. The molecule has 4 nitrogen and oxygen atoms in total. The average Bonchev–Trinajstić information content (AvgIpc) is 3.08. The molecule has 1 aromatic heterocycles. The van der Waals surface area contributed by atoms with Gasteiger partial charge in [0.15, 0.2) is 0 Å². The fourth-order valence-corrected chi connectivity index (χ4v) is 2.49. The maximum atomic E-state index is 9.39. The van der Waals surface area contributed by atoms with Crippen LogP contribution in [0.25, 0.3) is 0 Å². The van der Waals surface area contributed by atoms with E-state index in [-0.39, 0.29) is 0 Å². The molecule has 1 unspecified atom stereocenters. The van der Waals surface area contributed by atoms with Gasteiger partial charge < -0.3 is 0 Å². The molecule has 98 valence electrons. The van der Waals surface area contributed by atoms with Crippen molar-refractivity contribution in [2.24, 2.45) is 0 Å². The first-order valence-corrected chi connectivity index (χ1v) is 6.71. The van der Waals surface area contributed by atoms with Crippen molar-refractivity contribution in [3.8, 4) is 6.07 Å². The Morgan fingerprint density at radius 1 is 1.50 bits per heavy atom. The van der Waals surface area contributed by atoms with E-state index in [9.17, 15) is 5.26 Å². The van der Waals surface area contributed by atoms with Gasteiger partial charge in [0.05, 0.1) is 18.3 Å². The van der Waals surface area contributed by atoms with Gasteiger partial charge in [-0.3, -0.25) is 10.00 Å². The summed E-state index contributed by atoms with van der Waals surface area (Å²) in [6, 6.07) is 2.93. The lowest BCUT2D eigenvalue weighted by molar-refractivity contribution is 0.363. The van der Waals surface area contributed by atoms with Gasteiger partial charge in [0.25, 0.3) is 0 Å². The van der Waals surface area contributed by atoms with Crippen LogP contribution in [0, 0.1) is 25.2 Å². The smallest absolute Gasteiger partial charge is 0.123 e. The molecule has 1 aliphatic rings. The molecule has 1 N–H and O–H groups in total. The van der Waals surface area contributed by atoms with E-state index >= 15 is 0 Å². The van der Waals surface area contributed by atoms with Gasteiger partial charge in [-0.15, -0.1) is 0 Å². The van der Waals surface area contributed by atoms with Crippen molar-refractivity contribution in [1.29, 1.82) is 5.26 Å². The van der Waals surface area contributed by atoms with Crippen LogP contribution in [-0.4, -0.2) is 21.4 Å². The van der Waals surface area contributed by atoms with Crippen LogP contribution >= 0.6 is 0 Å². The fourth-order valence-electron chi connectivity index (χ4n) is 2.49. The number of nitrogens with zero attached hydrogens (tertiary/aromatic N) is 3. The average molecular weight is 246 g/mol. The second-order valence-electron chi connectivity index (χ2n) is 5.52. The van der Waals surface area contributed by atoms with Crippen LogP contribution < -0.4 is 5.32 Å². The third kappa shape index (κ3) is 2.56. The first-order valence-electron chi connectivity index (χ1n) is 6.71. The summed E-state index contributed by atoms with van der Waals surface area (Å²) >= 11 is 0. The van der Waals surface area contributed by atoms with Crippen molar-refractivity contribution < 1.29 is 0 Å². The molecular formula is C14H22N4. The lowest BCUT2D eigenvalue weighted by atomic mass is 10.0. The molecule has 0 bridgehead atoms. The zero-order chi connectivity index (χ0) is 13.3. The Morgan fingerprint density at radius 2 is 2.17 bits per heavy atom. The van der Waals surface area contributed by atoms with Crippen molar-refractivity contribution in [3.63, 3.8) is 0 Å². The first-order chi connectivity index (χ1) is 8.49. The zero-order valence-electron chi connectivity index (χ0n) is 11.7. The van der Waals surface area contributed by atoms with Gasteiger partial charge in [-0.05, 0) is 45.6 Å². The van der Waals surface area contributed by atoms with E-state index in [1.165, 1.54) is 24.1 Å². The van der Waals surface area contributed by atoms with E-state index in [0.717, 1.165) is 12.1 Å². The lowest BCUT2D eigenvalue weighted by Gasteiger charge is -2.24. The summed E-state index contributed by atoms with van der Waals surface area (Å²) in [7, 11) is 0. The minimum atomic E-state index is -0.518. The van der Waals surface area contributed by atoms with Gasteiger partial charge in [-0.2, -0.15) is 10.4 Å². The van der Waals surface area contributed by atoms with Crippen LogP contribution in [0.4, 0.5) is 0 Å². The predicted octanol–water partition coefficient (Wildman–Crippen LogP) is 2.10.